The molecule has 0 saturated carbocycles. The Bertz CT molecular complexity index is 474. The van der Waals surface area contributed by atoms with Crippen LogP contribution in [-0.2, 0) is 0 Å². The van der Waals surface area contributed by atoms with E-state index in [2.05, 4.69) is 10.1 Å². The van der Waals surface area contributed by atoms with Gasteiger partial charge in [-0.3, -0.25) is 0 Å². The monoisotopic (exact) mass is 233 g/mol. The number of hydrogen-bond donors (Lipinski definition) is 0. The minimum atomic E-state index is -2.50. The number of ether oxygens (including phenoxy) is 1. The highest BCUT2D eigenvalue weighted by Gasteiger charge is 2.05. The highest BCUT2D eigenvalue weighted by atomic mass is 35.5. The van der Waals surface area contributed by atoms with Crippen LogP contribution in [0.15, 0.2) is 18.3 Å². The number of aromatic nitrogens is 3. The van der Waals surface area contributed by atoms with Crippen molar-refractivity contribution in [2.24, 2.45) is 0 Å². The van der Waals surface area contributed by atoms with E-state index >= 15 is 0 Å². The molecule has 0 saturated heterocycles. The zero-order valence-corrected chi connectivity index (χ0v) is 8.16. The van der Waals surface area contributed by atoms with Crippen molar-refractivity contribution >= 4 is 17.2 Å². The van der Waals surface area contributed by atoms with Gasteiger partial charge in [-0.2, -0.15) is 4.98 Å². The fraction of sp³-hybridized carbons (Fsp3) is 0.250. The number of fused-ring (bicyclic) bond motifs is 1. The molecular formula is C8H6ClF2N3O. The molecule has 80 valence electrons. The molecule has 0 bridgehead atoms. The second-order valence-electron chi connectivity index (χ2n) is 2.75. The van der Waals surface area contributed by atoms with Crippen LogP contribution in [0.3, 0.4) is 0 Å². The largest absolute Gasteiger partial charge is 0.486 e. The molecule has 2 heterocycles. The molecule has 2 aromatic rings. The summed E-state index contributed by atoms with van der Waals surface area (Å²) in [4.78, 5) is 3.86. The SMILES string of the molecule is FC(F)COc1ccc2nc(Cl)nn2c1. The van der Waals surface area contributed by atoms with Crippen molar-refractivity contribution in [2.75, 3.05) is 6.61 Å². The van der Waals surface area contributed by atoms with E-state index in [4.69, 9.17) is 16.3 Å². The van der Waals surface area contributed by atoms with Crippen LogP contribution in [-0.4, -0.2) is 27.6 Å². The summed E-state index contributed by atoms with van der Waals surface area (Å²) in [6.07, 6.45) is -1.06. The maximum Gasteiger partial charge on any atom is 0.272 e. The van der Waals surface area contributed by atoms with E-state index in [1.807, 2.05) is 0 Å². The zero-order chi connectivity index (χ0) is 10.8. The Morgan fingerprint density at radius 1 is 1.47 bits per heavy atom. The number of nitrogens with zero attached hydrogens (tertiary/aromatic N) is 3. The Labute approximate surface area is 88.4 Å². The number of alkyl halides is 2. The van der Waals surface area contributed by atoms with Gasteiger partial charge in [-0.25, -0.2) is 13.3 Å². The lowest BCUT2D eigenvalue weighted by molar-refractivity contribution is 0.0816. The third-order valence-corrected chi connectivity index (χ3v) is 1.81. The Kier molecular flexibility index (Phi) is 2.68. The molecule has 0 aliphatic rings. The van der Waals surface area contributed by atoms with Crippen molar-refractivity contribution in [1.29, 1.82) is 0 Å². The van der Waals surface area contributed by atoms with Crippen LogP contribution in [0, 0.1) is 0 Å². The molecule has 2 rings (SSSR count). The number of rotatable bonds is 3. The van der Waals surface area contributed by atoms with Crippen molar-refractivity contribution in [3.63, 3.8) is 0 Å². The molecule has 0 N–H and O–H groups in total. The van der Waals surface area contributed by atoms with Crippen LogP contribution < -0.4 is 4.74 Å². The molecule has 15 heavy (non-hydrogen) atoms. The molecule has 0 aromatic carbocycles. The highest BCUT2D eigenvalue weighted by Crippen LogP contribution is 2.14. The Morgan fingerprint density at radius 2 is 2.27 bits per heavy atom. The minimum Gasteiger partial charge on any atom is -0.486 e. The summed E-state index contributed by atoms with van der Waals surface area (Å²) in [5, 5.41) is 3.90. The van der Waals surface area contributed by atoms with Crippen LogP contribution >= 0.6 is 11.6 Å². The van der Waals surface area contributed by atoms with Gasteiger partial charge in [0, 0.05) is 0 Å². The highest BCUT2D eigenvalue weighted by molar-refractivity contribution is 6.28. The maximum atomic E-state index is 11.9. The quantitative estimate of drug-likeness (QED) is 0.814. The van der Waals surface area contributed by atoms with Gasteiger partial charge in [-0.15, -0.1) is 5.10 Å². The molecule has 0 amide bonds. The van der Waals surface area contributed by atoms with E-state index in [1.54, 1.807) is 6.07 Å². The second-order valence-corrected chi connectivity index (χ2v) is 3.09. The smallest absolute Gasteiger partial charge is 0.272 e. The van der Waals surface area contributed by atoms with Crippen LogP contribution in [0.4, 0.5) is 8.78 Å². The first-order valence-corrected chi connectivity index (χ1v) is 4.46. The van der Waals surface area contributed by atoms with E-state index in [-0.39, 0.29) is 5.28 Å². The minimum absolute atomic E-state index is 0.0982. The zero-order valence-electron chi connectivity index (χ0n) is 7.40. The third kappa shape index (κ3) is 2.33. The van der Waals surface area contributed by atoms with Gasteiger partial charge in [0.1, 0.15) is 12.4 Å². The summed E-state index contributed by atoms with van der Waals surface area (Å²) < 4.78 is 29.9. The van der Waals surface area contributed by atoms with Gasteiger partial charge in [0.15, 0.2) is 5.65 Å². The number of hydrogen-bond acceptors (Lipinski definition) is 3. The number of pyridine rings is 1. The summed E-state index contributed by atoms with van der Waals surface area (Å²) in [7, 11) is 0. The van der Waals surface area contributed by atoms with Gasteiger partial charge in [0.2, 0.25) is 5.28 Å². The van der Waals surface area contributed by atoms with E-state index in [9.17, 15) is 8.78 Å². The summed E-state index contributed by atoms with van der Waals surface area (Å²) >= 11 is 5.56. The van der Waals surface area contributed by atoms with E-state index in [1.165, 1.54) is 16.8 Å². The van der Waals surface area contributed by atoms with Gasteiger partial charge >= 0.3 is 0 Å². The predicted molar refractivity (Wildman–Crippen MR) is 49.5 cm³/mol. The summed E-state index contributed by atoms with van der Waals surface area (Å²) in [5.74, 6) is 0.296. The van der Waals surface area contributed by atoms with Crippen LogP contribution in [0.2, 0.25) is 5.28 Å². The molecule has 2 aromatic heterocycles. The van der Waals surface area contributed by atoms with E-state index in [0.717, 1.165) is 0 Å². The van der Waals surface area contributed by atoms with E-state index in [0.29, 0.717) is 11.4 Å². The first-order valence-electron chi connectivity index (χ1n) is 4.08. The Hall–Kier alpha value is -1.43. The van der Waals surface area contributed by atoms with Crippen LogP contribution in [0.1, 0.15) is 0 Å². The second kappa shape index (κ2) is 3.98. The molecule has 4 nitrogen and oxygen atoms in total. The average Bonchev–Trinajstić information content (AvgIpc) is 2.53. The normalized spacial score (nSPS) is 11.2. The predicted octanol–water partition coefficient (Wildman–Crippen LogP) is 2.03. The fourth-order valence-corrected chi connectivity index (χ4v) is 1.25. The molecule has 0 unspecified atom stereocenters. The van der Waals surface area contributed by atoms with Crippen molar-refractivity contribution in [2.45, 2.75) is 6.43 Å². The first kappa shape index (κ1) is 10.1. The standard InChI is InChI=1S/C8H6ClF2N3O/c9-8-12-7-2-1-5(3-14(7)13-8)15-4-6(10)11/h1-3,6H,4H2. The lowest BCUT2D eigenvalue weighted by Crippen LogP contribution is -2.07. The lowest BCUT2D eigenvalue weighted by atomic mass is 10.4. The molecular weight excluding hydrogens is 228 g/mol. The fourth-order valence-electron chi connectivity index (χ4n) is 1.08. The summed E-state index contributed by atoms with van der Waals surface area (Å²) in [6.45, 7) is -0.645. The Morgan fingerprint density at radius 3 is 3.00 bits per heavy atom. The molecule has 0 atom stereocenters. The van der Waals surface area contributed by atoms with Gasteiger partial charge in [0.25, 0.3) is 6.43 Å². The average molecular weight is 234 g/mol. The molecule has 0 fully saturated rings. The molecule has 0 aliphatic heterocycles. The molecule has 0 spiro atoms. The maximum absolute atomic E-state index is 11.9. The third-order valence-electron chi connectivity index (χ3n) is 1.65. The van der Waals surface area contributed by atoms with Gasteiger partial charge in [0.05, 0.1) is 6.20 Å². The van der Waals surface area contributed by atoms with Crippen LogP contribution in [0.5, 0.6) is 5.75 Å². The number of halogens is 3. The molecule has 0 radical (unpaired) electrons. The Balaban J connectivity index is 2.22. The molecule has 7 heteroatoms. The van der Waals surface area contributed by atoms with Crippen molar-refractivity contribution in [3.8, 4) is 5.75 Å². The molecule has 0 aliphatic carbocycles. The summed E-state index contributed by atoms with van der Waals surface area (Å²) in [6, 6.07) is 3.11. The van der Waals surface area contributed by atoms with Gasteiger partial charge in [-0.1, -0.05) is 0 Å². The van der Waals surface area contributed by atoms with Gasteiger partial charge in [-0.05, 0) is 23.7 Å². The van der Waals surface area contributed by atoms with Crippen molar-refractivity contribution in [3.05, 3.63) is 23.6 Å². The topological polar surface area (TPSA) is 39.4 Å². The van der Waals surface area contributed by atoms with Crippen LogP contribution in [0.25, 0.3) is 5.65 Å². The summed E-state index contributed by atoms with van der Waals surface area (Å²) in [5.41, 5.74) is 0.532. The van der Waals surface area contributed by atoms with Gasteiger partial charge < -0.3 is 4.74 Å². The first-order chi connectivity index (χ1) is 7.15. The van der Waals surface area contributed by atoms with Crippen molar-refractivity contribution in [1.82, 2.24) is 14.6 Å². The van der Waals surface area contributed by atoms with E-state index < -0.39 is 13.0 Å². The van der Waals surface area contributed by atoms with Crippen molar-refractivity contribution < 1.29 is 13.5 Å². The lowest BCUT2D eigenvalue weighted by Gasteiger charge is -2.04.